The molecule has 0 unspecified atom stereocenters. The van der Waals surface area contributed by atoms with Crippen LogP contribution in [0.15, 0.2) is 48.0 Å². The van der Waals surface area contributed by atoms with Gasteiger partial charge in [0.15, 0.2) is 0 Å². The van der Waals surface area contributed by atoms with E-state index in [1.165, 1.54) is 0 Å². The van der Waals surface area contributed by atoms with Gasteiger partial charge in [-0.25, -0.2) is 4.98 Å². The maximum atomic E-state index is 11.0. The van der Waals surface area contributed by atoms with Gasteiger partial charge in [-0.3, -0.25) is 4.79 Å². The molecule has 5 rings (SSSR count). The van der Waals surface area contributed by atoms with E-state index in [1.54, 1.807) is 25.6 Å². The predicted octanol–water partition coefficient (Wildman–Crippen LogP) is 6.10. The number of ether oxygens (including phenoxy) is 2. The van der Waals surface area contributed by atoms with Crippen LogP contribution in [-0.4, -0.2) is 39.8 Å². The summed E-state index contributed by atoms with van der Waals surface area (Å²) in [7, 11) is 3.31. The number of nitrogens with one attached hydrogen (secondary N) is 1. The van der Waals surface area contributed by atoms with Gasteiger partial charge in [0, 0.05) is 63.7 Å². The van der Waals surface area contributed by atoms with Gasteiger partial charge in [-0.05, 0) is 43.7 Å². The van der Waals surface area contributed by atoms with Crippen molar-refractivity contribution < 1.29 is 19.4 Å². The molecule has 3 heterocycles. The Morgan fingerprint density at radius 3 is 2.65 bits per heavy atom. The first kappa shape index (κ1) is 22.0. The Morgan fingerprint density at radius 1 is 1.12 bits per heavy atom. The highest BCUT2D eigenvalue weighted by Crippen LogP contribution is 2.39. The Balaban J connectivity index is 1.58. The Morgan fingerprint density at radius 2 is 1.88 bits per heavy atom. The number of fused-ring (bicyclic) bond motifs is 2. The molecule has 7 nitrogen and oxygen atoms in total. The summed E-state index contributed by atoms with van der Waals surface area (Å²) in [6.07, 6.45) is 2.75. The number of thiazole rings is 1. The van der Waals surface area contributed by atoms with Crippen molar-refractivity contribution in [3.05, 3.63) is 53.7 Å². The lowest BCUT2D eigenvalue weighted by Crippen LogP contribution is -2.00. The molecule has 174 valence electrons. The third-order valence-corrected chi connectivity index (χ3v) is 6.94. The lowest BCUT2D eigenvalue weighted by molar-refractivity contribution is -0.137. The van der Waals surface area contributed by atoms with Crippen molar-refractivity contribution in [2.24, 2.45) is 0 Å². The smallest absolute Gasteiger partial charge is 0.303 e. The number of aliphatic carboxylic acids is 1. The molecule has 0 aliphatic heterocycles. The van der Waals surface area contributed by atoms with Crippen LogP contribution in [0.25, 0.3) is 43.6 Å². The maximum Gasteiger partial charge on any atom is 0.303 e. The van der Waals surface area contributed by atoms with Gasteiger partial charge in [0.25, 0.3) is 0 Å². The number of hydrogen-bond donors (Lipinski definition) is 2. The van der Waals surface area contributed by atoms with Crippen LogP contribution >= 0.6 is 11.3 Å². The summed E-state index contributed by atoms with van der Waals surface area (Å²) >= 11 is 1.60. The second-order valence-electron chi connectivity index (χ2n) is 8.19. The normalized spacial score (nSPS) is 11.4. The fraction of sp³-hybridized carbons (Fsp3) is 0.231. The van der Waals surface area contributed by atoms with Gasteiger partial charge in [-0.2, -0.15) is 0 Å². The van der Waals surface area contributed by atoms with Crippen molar-refractivity contribution in [2.45, 2.75) is 26.3 Å². The molecule has 2 N–H and O–H groups in total. The van der Waals surface area contributed by atoms with Gasteiger partial charge in [0.1, 0.15) is 16.5 Å². The van der Waals surface area contributed by atoms with E-state index < -0.39 is 5.97 Å². The third-order valence-electron chi connectivity index (χ3n) is 6.06. The molecule has 0 fully saturated rings. The van der Waals surface area contributed by atoms with Crippen LogP contribution < -0.4 is 9.47 Å². The van der Waals surface area contributed by atoms with Crippen molar-refractivity contribution in [1.29, 1.82) is 0 Å². The van der Waals surface area contributed by atoms with Crippen LogP contribution in [0.2, 0.25) is 0 Å². The Labute approximate surface area is 200 Å². The van der Waals surface area contributed by atoms with Crippen molar-refractivity contribution in [1.82, 2.24) is 14.5 Å². The maximum absolute atomic E-state index is 11.0. The summed E-state index contributed by atoms with van der Waals surface area (Å²) in [6, 6.07) is 12.0. The first-order chi connectivity index (χ1) is 16.5. The van der Waals surface area contributed by atoms with Gasteiger partial charge in [-0.1, -0.05) is 0 Å². The second-order valence-corrected chi connectivity index (χ2v) is 9.05. The average Bonchev–Trinajstić information content (AvgIpc) is 3.52. The number of benzene rings is 2. The molecule has 34 heavy (non-hydrogen) atoms. The molecule has 0 spiro atoms. The van der Waals surface area contributed by atoms with Gasteiger partial charge in [0.2, 0.25) is 0 Å². The molecule has 0 amide bonds. The standard InChI is InChI=1S/C26H25N3O4S/c1-15-25(19-11-16(32-2)7-9-21(19)27-15)22-14-34-26(28-22)20-13-29(10-4-5-24(30)31)23-12-17(33-3)6-8-18(20)23/h6-9,11-14,27H,4-5,10H2,1-3H3,(H,30,31). The second kappa shape index (κ2) is 8.87. The highest BCUT2D eigenvalue weighted by molar-refractivity contribution is 7.13. The van der Waals surface area contributed by atoms with E-state index >= 15 is 0 Å². The van der Waals surface area contributed by atoms with Gasteiger partial charge < -0.3 is 24.1 Å². The summed E-state index contributed by atoms with van der Waals surface area (Å²) in [6.45, 7) is 2.66. The number of H-pyrrole nitrogens is 1. The van der Waals surface area contributed by atoms with E-state index in [4.69, 9.17) is 19.6 Å². The number of nitrogens with zero attached hydrogens (tertiary/aromatic N) is 2. The fourth-order valence-electron chi connectivity index (χ4n) is 4.43. The number of carboxylic acids is 1. The molecule has 0 bridgehead atoms. The third kappa shape index (κ3) is 3.90. The topological polar surface area (TPSA) is 89.4 Å². The summed E-state index contributed by atoms with van der Waals surface area (Å²) in [5, 5.41) is 14.2. The first-order valence-corrected chi connectivity index (χ1v) is 11.9. The summed E-state index contributed by atoms with van der Waals surface area (Å²) in [5.41, 5.74) is 6.12. The minimum atomic E-state index is -0.787. The van der Waals surface area contributed by atoms with Crippen LogP contribution in [0.3, 0.4) is 0 Å². The Hall–Kier alpha value is -3.78. The zero-order chi connectivity index (χ0) is 23.8. The number of carboxylic acid groups (broad SMARTS) is 1. The number of hydrogen-bond acceptors (Lipinski definition) is 5. The van der Waals surface area contributed by atoms with Crippen molar-refractivity contribution in [3.8, 4) is 33.3 Å². The number of rotatable bonds is 8. The molecule has 0 saturated heterocycles. The molecule has 0 atom stereocenters. The summed E-state index contributed by atoms with van der Waals surface area (Å²) < 4.78 is 13.0. The number of aryl methyl sites for hydroxylation is 2. The Bertz CT molecular complexity index is 1510. The molecule has 0 radical (unpaired) electrons. The Kier molecular flexibility index (Phi) is 5.75. The van der Waals surface area contributed by atoms with Crippen molar-refractivity contribution in [2.75, 3.05) is 14.2 Å². The largest absolute Gasteiger partial charge is 0.497 e. The highest BCUT2D eigenvalue weighted by Gasteiger charge is 2.18. The average molecular weight is 476 g/mol. The van der Waals surface area contributed by atoms with E-state index in [9.17, 15) is 4.79 Å². The summed E-state index contributed by atoms with van der Waals surface area (Å²) in [5.74, 6) is 0.783. The quantitative estimate of drug-likeness (QED) is 0.283. The molecular weight excluding hydrogens is 450 g/mol. The lowest BCUT2D eigenvalue weighted by Gasteiger charge is -2.05. The number of aromatic nitrogens is 3. The van der Waals surface area contributed by atoms with Crippen LogP contribution in [0.1, 0.15) is 18.5 Å². The van der Waals surface area contributed by atoms with Gasteiger partial charge >= 0.3 is 5.97 Å². The zero-order valence-electron chi connectivity index (χ0n) is 19.2. The summed E-state index contributed by atoms with van der Waals surface area (Å²) in [4.78, 5) is 19.5. The van der Waals surface area contributed by atoms with Crippen LogP contribution in [-0.2, 0) is 11.3 Å². The molecule has 0 aliphatic carbocycles. The molecule has 5 aromatic rings. The van der Waals surface area contributed by atoms with E-state index in [0.29, 0.717) is 13.0 Å². The number of aromatic amines is 1. The van der Waals surface area contributed by atoms with Crippen LogP contribution in [0.5, 0.6) is 11.5 Å². The molecule has 3 aromatic heterocycles. The first-order valence-electron chi connectivity index (χ1n) is 11.0. The van der Waals surface area contributed by atoms with Crippen molar-refractivity contribution >= 4 is 39.1 Å². The van der Waals surface area contributed by atoms with E-state index in [2.05, 4.69) is 28.1 Å². The highest BCUT2D eigenvalue weighted by atomic mass is 32.1. The fourth-order valence-corrected chi connectivity index (χ4v) is 5.26. The van der Waals surface area contributed by atoms with E-state index in [1.807, 2.05) is 36.4 Å². The predicted molar refractivity (Wildman–Crippen MR) is 135 cm³/mol. The molecule has 0 aliphatic rings. The van der Waals surface area contributed by atoms with Crippen LogP contribution in [0.4, 0.5) is 0 Å². The SMILES string of the molecule is COc1ccc2[nH]c(C)c(-c3csc(-c4cn(CCCC(=O)O)c5cc(OC)ccc45)n3)c2c1. The van der Waals surface area contributed by atoms with Gasteiger partial charge in [0.05, 0.1) is 25.4 Å². The minimum absolute atomic E-state index is 0.129. The van der Waals surface area contributed by atoms with E-state index in [-0.39, 0.29) is 6.42 Å². The minimum Gasteiger partial charge on any atom is -0.497 e. The lowest BCUT2D eigenvalue weighted by atomic mass is 10.1. The monoisotopic (exact) mass is 475 g/mol. The molecular formula is C26H25N3O4S. The number of methoxy groups -OCH3 is 2. The zero-order valence-corrected chi connectivity index (χ0v) is 20.0. The van der Waals surface area contributed by atoms with Crippen LogP contribution in [0, 0.1) is 6.92 Å². The van der Waals surface area contributed by atoms with Crippen molar-refractivity contribution in [3.63, 3.8) is 0 Å². The van der Waals surface area contributed by atoms with E-state index in [0.717, 1.165) is 60.8 Å². The molecule has 8 heteroatoms. The van der Waals surface area contributed by atoms with Gasteiger partial charge in [-0.15, -0.1) is 11.3 Å². The number of carbonyl (C=O) groups is 1. The molecule has 0 saturated carbocycles. The molecule has 2 aromatic carbocycles.